The lowest BCUT2D eigenvalue weighted by Crippen LogP contribution is -2.73. The normalized spacial score (nSPS) is 17.6. The third-order valence-corrected chi connectivity index (χ3v) is 20.4. The summed E-state index contributed by atoms with van der Waals surface area (Å²) in [5.41, 5.74) is 0. The van der Waals surface area contributed by atoms with Gasteiger partial charge in [-0.1, -0.05) is 267 Å². The Bertz CT molecular complexity index is 903. The van der Waals surface area contributed by atoms with Crippen LogP contribution in [0.2, 0.25) is 0 Å². The Hall–Kier alpha value is 6.74. The third kappa shape index (κ3) is 7.19. The van der Waals surface area contributed by atoms with E-state index in [0.717, 1.165) is 0 Å². The molecule has 3 nitrogen and oxygen atoms in total. The van der Waals surface area contributed by atoms with Crippen molar-refractivity contribution in [2.45, 2.75) is 47.3 Å². The molecular formula is C11Cl23O3S-. The summed E-state index contributed by atoms with van der Waals surface area (Å²) < 4.78 is -9.71. The first-order valence-electron chi connectivity index (χ1n) is 7.55. The highest BCUT2D eigenvalue weighted by Gasteiger charge is 2.84. The molecule has 230 valence electrons. The summed E-state index contributed by atoms with van der Waals surface area (Å²) in [4.78, 5) is 0. The van der Waals surface area contributed by atoms with Crippen LogP contribution in [0.4, 0.5) is 0 Å². The van der Waals surface area contributed by atoms with Gasteiger partial charge >= 0.3 is 0 Å². The van der Waals surface area contributed by atoms with Gasteiger partial charge in [0.1, 0.15) is 0 Å². The van der Waals surface area contributed by atoms with Crippen molar-refractivity contribution < 1.29 is 12.9 Å². The predicted octanol–water partition coefficient (Wildman–Crippen LogP) is 12.9. The summed E-state index contributed by atoms with van der Waals surface area (Å²) in [6.07, 6.45) is 0. The lowest BCUT2D eigenvalue weighted by Gasteiger charge is -2.56. The van der Waals surface area contributed by atoms with Crippen LogP contribution in [0, 0.1) is 0 Å². The molecule has 0 aromatic rings. The molecule has 0 fully saturated rings. The molecule has 0 saturated carbocycles. The van der Waals surface area contributed by atoms with Gasteiger partial charge in [0.15, 0.2) is 30.3 Å². The molecule has 0 bridgehead atoms. The standard InChI is InChI=1S/C11HCl23O3S/c12-1(13,2(14,15)4(18,19)6(22,23)8(26,27)10(30,31)32)3(16,17)5(20,21)7(24,25)9(28,29)11(33,34)37-38(35)36/h(H,35,36)/p-1. The third-order valence-electron chi connectivity index (χ3n) is 4.05. The van der Waals surface area contributed by atoms with Crippen molar-refractivity contribution in [1.29, 1.82) is 0 Å². The number of halogens is 23. The quantitative estimate of drug-likeness (QED) is 0.153. The molecule has 0 amide bonds. The molecule has 0 saturated heterocycles. The second-order valence-corrected chi connectivity index (χ2v) is 22.5. The lowest BCUT2D eigenvalue weighted by atomic mass is 10.00. The largest absolute Gasteiger partial charge is 0.750 e. The van der Waals surface area contributed by atoms with E-state index in [-0.39, 0.29) is 0 Å². The van der Waals surface area contributed by atoms with Crippen LogP contribution in [0.1, 0.15) is 0 Å². The predicted molar refractivity (Wildman–Crippen MR) is 175 cm³/mol. The van der Waals surface area contributed by atoms with Gasteiger partial charge in [-0.25, -0.2) is 4.21 Å². The Morgan fingerprint density at radius 3 is 0.737 bits per heavy atom. The molecule has 0 aromatic carbocycles. The van der Waals surface area contributed by atoms with Gasteiger partial charge < -0.3 is 4.55 Å². The molecule has 0 spiro atoms. The average molecular weight is 1030 g/mol. The van der Waals surface area contributed by atoms with E-state index in [1.807, 2.05) is 0 Å². The van der Waals surface area contributed by atoms with Crippen LogP contribution in [0.25, 0.3) is 0 Å². The van der Waals surface area contributed by atoms with E-state index in [1.165, 1.54) is 0 Å². The van der Waals surface area contributed by atoms with E-state index in [9.17, 15) is 8.76 Å². The summed E-state index contributed by atoms with van der Waals surface area (Å²) >= 11 is 137. The number of hydrogen-bond donors (Lipinski definition) is 0. The minimum absolute atomic E-state index is 2.77. The zero-order valence-electron chi connectivity index (χ0n) is 15.8. The zero-order chi connectivity index (χ0) is 31.8. The van der Waals surface area contributed by atoms with E-state index in [2.05, 4.69) is 4.18 Å². The fourth-order valence-electron chi connectivity index (χ4n) is 1.88. The first-order chi connectivity index (χ1) is 15.9. The van der Waals surface area contributed by atoms with Crippen molar-refractivity contribution in [1.82, 2.24) is 0 Å². The highest BCUT2D eigenvalue weighted by Crippen LogP contribution is 2.75. The summed E-state index contributed by atoms with van der Waals surface area (Å²) in [7, 11) is 0. The Balaban J connectivity index is 7.20. The van der Waals surface area contributed by atoms with Crippen molar-refractivity contribution in [3.05, 3.63) is 0 Å². The van der Waals surface area contributed by atoms with Gasteiger partial charge in [0.25, 0.3) is 4.52 Å². The maximum Gasteiger partial charge on any atom is 0.267 e. The number of hydrogen-bond acceptors (Lipinski definition) is 3. The molecule has 0 heterocycles. The van der Waals surface area contributed by atoms with Crippen LogP contribution in [-0.2, 0) is 15.5 Å². The number of alkyl halides is 23. The van der Waals surface area contributed by atoms with Crippen LogP contribution in [-0.4, -0.2) is 56.1 Å². The lowest BCUT2D eigenvalue weighted by molar-refractivity contribution is 0.205. The van der Waals surface area contributed by atoms with Gasteiger partial charge in [-0.2, -0.15) is 0 Å². The molecule has 0 aliphatic heterocycles. The average Bonchev–Trinajstić information content (AvgIpc) is 2.64. The van der Waals surface area contributed by atoms with Gasteiger partial charge in [-0.15, -0.1) is 0 Å². The molecule has 0 aromatic heterocycles. The summed E-state index contributed by atoms with van der Waals surface area (Å²) in [6, 6.07) is 0. The Morgan fingerprint density at radius 1 is 0.368 bits per heavy atom. The van der Waals surface area contributed by atoms with Crippen LogP contribution in [0.15, 0.2) is 0 Å². The maximum atomic E-state index is 11.0. The van der Waals surface area contributed by atoms with Crippen molar-refractivity contribution in [3.8, 4) is 0 Å². The second kappa shape index (κ2) is 13.6. The van der Waals surface area contributed by atoms with Gasteiger partial charge in [-0.3, -0.25) is 4.18 Å². The topological polar surface area (TPSA) is 49.4 Å². The molecule has 0 aliphatic carbocycles. The number of rotatable bonds is 11. The summed E-state index contributed by atoms with van der Waals surface area (Å²) in [5, 5.41) is 0. The van der Waals surface area contributed by atoms with E-state index in [1.54, 1.807) is 0 Å². The van der Waals surface area contributed by atoms with Gasteiger partial charge in [0.2, 0.25) is 12.5 Å². The van der Waals surface area contributed by atoms with Crippen molar-refractivity contribution in [2.75, 3.05) is 0 Å². The van der Waals surface area contributed by atoms with Crippen molar-refractivity contribution >= 4 is 278 Å². The monoisotopic (exact) mass is 1020 g/mol. The fraction of sp³-hybridized carbons (Fsp3) is 1.00. The van der Waals surface area contributed by atoms with Crippen LogP contribution in [0.5, 0.6) is 0 Å². The maximum absolute atomic E-state index is 11.0. The molecule has 1 atom stereocenters. The highest BCUT2D eigenvalue weighted by atomic mass is 35.6. The van der Waals surface area contributed by atoms with Crippen LogP contribution in [0.3, 0.4) is 0 Å². The van der Waals surface area contributed by atoms with Crippen molar-refractivity contribution in [3.63, 3.8) is 0 Å². The SMILES string of the molecule is O=S([O-])OC(Cl)(Cl)C(Cl)(Cl)C(Cl)(Cl)C(Cl)(Cl)C(Cl)(Cl)C(Cl)(Cl)C(Cl)(Cl)C(Cl)(Cl)C(Cl)(Cl)C(Cl)(Cl)C(Cl)(Cl)Cl. The molecule has 27 heteroatoms. The molecule has 0 radical (unpaired) electrons. The van der Waals surface area contributed by atoms with Crippen LogP contribution < -0.4 is 0 Å². The van der Waals surface area contributed by atoms with E-state index >= 15 is 0 Å². The Morgan fingerprint density at radius 2 is 0.553 bits per heavy atom. The molecule has 38 heavy (non-hydrogen) atoms. The molecule has 0 N–H and O–H groups in total. The van der Waals surface area contributed by atoms with Gasteiger partial charge in [-0.05, 0) is 0 Å². The molecular weight excluding hydrogens is 1030 g/mol. The van der Waals surface area contributed by atoms with E-state index in [4.69, 9.17) is 267 Å². The second-order valence-electron chi connectivity index (χ2n) is 6.47. The van der Waals surface area contributed by atoms with Gasteiger partial charge in [0.05, 0.1) is 11.4 Å². The summed E-state index contributed by atoms with van der Waals surface area (Å²) in [5.74, 6) is 0. The van der Waals surface area contributed by atoms with Crippen molar-refractivity contribution in [2.24, 2.45) is 0 Å². The van der Waals surface area contributed by atoms with Crippen LogP contribution >= 0.6 is 267 Å². The minimum Gasteiger partial charge on any atom is -0.750 e. The Labute approximate surface area is 333 Å². The first kappa shape index (κ1) is 44.7. The molecule has 1 unspecified atom stereocenters. The summed E-state index contributed by atoms with van der Waals surface area (Å²) in [6.45, 7) is 0. The molecule has 0 aliphatic rings. The fourth-order valence-corrected chi connectivity index (χ4v) is 9.72. The highest BCUT2D eigenvalue weighted by molar-refractivity contribution is 7.74. The first-order valence-corrected chi connectivity index (χ1v) is 17.2. The van der Waals surface area contributed by atoms with E-state index in [0.29, 0.717) is 0 Å². The zero-order valence-corrected chi connectivity index (χ0v) is 34.0. The van der Waals surface area contributed by atoms with Gasteiger partial charge in [0, 0.05) is 0 Å². The smallest absolute Gasteiger partial charge is 0.267 e. The molecule has 0 rings (SSSR count). The minimum atomic E-state index is -3.50. The van der Waals surface area contributed by atoms with E-state index < -0.39 is 58.7 Å². The Kier molecular flexibility index (Phi) is 16.0.